The van der Waals surface area contributed by atoms with E-state index in [9.17, 15) is 14.7 Å². The topological polar surface area (TPSA) is 149 Å². The SMILES string of the molecule is O=C(O)CCC(=O)NCc1ccccc1-c1ccc([C@@H]2O[C@H](CSc3nnnn3-c3ccccc3)C[C@H](c3ccc(CO)cc3)O2)cc1. The first kappa shape index (κ1) is 33.0. The van der Waals surface area contributed by atoms with E-state index >= 15 is 0 Å². The van der Waals surface area contributed by atoms with Crippen LogP contribution >= 0.6 is 11.8 Å². The number of hydrogen-bond acceptors (Lipinski definition) is 9. The Morgan fingerprint density at radius 1 is 0.875 bits per heavy atom. The smallest absolute Gasteiger partial charge is 0.303 e. The van der Waals surface area contributed by atoms with Crippen LogP contribution in [0.3, 0.4) is 0 Å². The Morgan fingerprint density at radius 3 is 2.35 bits per heavy atom. The number of aliphatic hydroxyl groups is 1. The average Bonchev–Trinajstić information content (AvgIpc) is 3.61. The molecule has 1 fully saturated rings. The lowest BCUT2D eigenvalue weighted by molar-refractivity contribution is -0.245. The molecule has 1 aliphatic rings. The van der Waals surface area contributed by atoms with Crippen molar-refractivity contribution < 1.29 is 29.3 Å². The number of hydrogen-bond donors (Lipinski definition) is 3. The number of carbonyl (C=O) groups is 2. The molecule has 6 rings (SSSR count). The van der Waals surface area contributed by atoms with Gasteiger partial charge in [0.25, 0.3) is 0 Å². The lowest BCUT2D eigenvalue weighted by Crippen LogP contribution is -2.31. The number of aliphatic carboxylic acids is 1. The highest BCUT2D eigenvalue weighted by molar-refractivity contribution is 7.99. The van der Waals surface area contributed by atoms with Crippen molar-refractivity contribution in [2.45, 2.75) is 56.1 Å². The number of thioether (sulfide) groups is 1. The molecule has 0 aliphatic carbocycles. The molecule has 0 bridgehead atoms. The number of rotatable bonds is 13. The molecule has 1 aromatic heterocycles. The number of nitrogens with zero attached hydrogens (tertiary/aromatic N) is 4. The van der Waals surface area contributed by atoms with Crippen LogP contribution in [-0.2, 0) is 32.2 Å². The maximum atomic E-state index is 12.1. The first-order chi connectivity index (χ1) is 23.5. The summed E-state index contributed by atoms with van der Waals surface area (Å²) in [5, 5.41) is 34.2. The number of amides is 1. The number of benzene rings is 4. The molecule has 0 spiro atoms. The van der Waals surface area contributed by atoms with Crippen molar-refractivity contribution in [2.24, 2.45) is 0 Å². The van der Waals surface area contributed by atoms with Crippen LogP contribution < -0.4 is 5.32 Å². The molecule has 3 N–H and O–H groups in total. The minimum Gasteiger partial charge on any atom is -0.481 e. The summed E-state index contributed by atoms with van der Waals surface area (Å²) in [6.07, 6.45) is -0.696. The fraction of sp³-hybridized carbons (Fsp3) is 0.250. The summed E-state index contributed by atoms with van der Waals surface area (Å²) in [6, 6.07) is 33.3. The van der Waals surface area contributed by atoms with Gasteiger partial charge in [0.05, 0.1) is 30.9 Å². The fourth-order valence-electron chi connectivity index (χ4n) is 5.47. The summed E-state index contributed by atoms with van der Waals surface area (Å²) >= 11 is 1.52. The first-order valence-corrected chi connectivity index (χ1v) is 16.6. The highest BCUT2D eigenvalue weighted by atomic mass is 32.2. The van der Waals surface area contributed by atoms with Gasteiger partial charge in [0.2, 0.25) is 11.1 Å². The Kier molecular flexibility index (Phi) is 10.9. The zero-order chi connectivity index (χ0) is 33.3. The number of aliphatic hydroxyl groups excluding tert-OH is 1. The number of carboxylic acids is 1. The van der Waals surface area contributed by atoms with E-state index < -0.39 is 12.3 Å². The maximum absolute atomic E-state index is 12.1. The number of ether oxygens (including phenoxy) is 2. The number of carbonyl (C=O) groups excluding carboxylic acids is 1. The van der Waals surface area contributed by atoms with Gasteiger partial charge in [0.15, 0.2) is 6.29 Å². The van der Waals surface area contributed by atoms with Crippen LogP contribution in [0.2, 0.25) is 0 Å². The van der Waals surface area contributed by atoms with Crippen LogP contribution in [0, 0.1) is 0 Å². The van der Waals surface area contributed by atoms with Crippen molar-refractivity contribution in [1.82, 2.24) is 25.5 Å². The minimum absolute atomic E-state index is 0.0283. The van der Waals surface area contributed by atoms with E-state index in [0.29, 0.717) is 17.3 Å². The van der Waals surface area contributed by atoms with Crippen LogP contribution in [0.5, 0.6) is 0 Å². The van der Waals surface area contributed by atoms with Gasteiger partial charge >= 0.3 is 5.97 Å². The van der Waals surface area contributed by atoms with Crippen molar-refractivity contribution in [1.29, 1.82) is 0 Å². The molecular weight excluding hydrogens is 630 g/mol. The van der Waals surface area contributed by atoms with Crippen molar-refractivity contribution >= 4 is 23.6 Å². The monoisotopic (exact) mass is 665 g/mol. The van der Waals surface area contributed by atoms with E-state index in [-0.39, 0.29) is 44.1 Å². The fourth-order valence-corrected chi connectivity index (χ4v) is 6.38. The lowest BCUT2D eigenvalue weighted by atomic mass is 9.97. The van der Waals surface area contributed by atoms with E-state index in [2.05, 4.69) is 20.8 Å². The molecule has 2 heterocycles. The Morgan fingerprint density at radius 2 is 1.60 bits per heavy atom. The van der Waals surface area contributed by atoms with Gasteiger partial charge < -0.3 is 25.0 Å². The second-order valence-corrected chi connectivity index (χ2v) is 12.3. The number of carboxylic acid groups (broad SMARTS) is 1. The molecule has 0 radical (unpaired) electrons. The number of tetrazole rings is 1. The predicted molar refractivity (Wildman–Crippen MR) is 179 cm³/mol. The van der Waals surface area contributed by atoms with Crippen molar-refractivity contribution in [2.75, 3.05) is 5.75 Å². The predicted octanol–water partition coefficient (Wildman–Crippen LogP) is 5.64. The molecule has 48 heavy (non-hydrogen) atoms. The quantitative estimate of drug-likeness (QED) is 0.135. The van der Waals surface area contributed by atoms with Gasteiger partial charge in [-0.1, -0.05) is 103 Å². The molecule has 5 aromatic rings. The molecule has 12 heteroatoms. The van der Waals surface area contributed by atoms with E-state index in [1.807, 2.05) is 103 Å². The molecule has 4 aromatic carbocycles. The lowest BCUT2D eigenvalue weighted by Gasteiger charge is -2.36. The Balaban J connectivity index is 1.18. The molecule has 1 saturated heterocycles. The third-order valence-electron chi connectivity index (χ3n) is 8.01. The third-order valence-corrected chi connectivity index (χ3v) is 9.06. The van der Waals surface area contributed by atoms with Crippen molar-refractivity contribution in [3.63, 3.8) is 0 Å². The molecule has 1 aliphatic heterocycles. The number of para-hydroxylation sites is 1. The van der Waals surface area contributed by atoms with E-state index in [1.54, 1.807) is 4.68 Å². The van der Waals surface area contributed by atoms with Gasteiger partial charge in [-0.05, 0) is 50.4 Å². The number of aromatic nitrogens is 4. The Hall–Kier alpha value is -4.88. The average molecular weight is 666 g/mol. The van der Waals surface area contributed by atoms with Gasteiger partial charge in [-0.3, -0.25) is 9.59 Å². The summed E-state index contributed by atoms with van der Waals surface area (Å²) in [5.41, 5.74) is 6.40. The van der Waals surface area contributed by atoms with Gasteiger partial charge in [0.1, 0.15) is 0 Å². The molecule has 3 atom stereocenters. The van der Waals surface area contributed by atoms with Crippen LogP contribution in [-0.4, -0.2) is 54.2 Å². The standard InChI is InChI=1S/C36H35N5O6S/c42-22-24-10-12-26(13-11-24)32-20-30(23-48-36-38-39-40-41(36)29-7-2-1-3-8-29)46-35(47-32)27-16-14-25(15-17-27)31-9-5-4-6-28(31)21-37-33(43)18-19-34(44)45/h1-17,30,32,35,42H,18-23H2,(H,37,43)(H,44,45)/t30-,32+,35+/m0/s1. The second kappa shape index (κ2) is 15.8. The summed E-state index contributed by atoms with van der Waals surface area (Å²) in [4.78, 5) is 23.0. The largest absolute Gasteiger partial charge is 0.481 e. The second-order valence-electron chi connectivity index (χ2n) is 11.3. The number of nitrogens with one attached hydrogen (secondary N) is 1. The van der Waals surface area contributed by atoms with E-state index in [0.717, 1.165) is 39.1 Å². The molecular formula is C36H35N5O6S. The molecule has 0 saturated carbocycles. The van der Waals surface area contributed by atoms with Gasteiger partial charge in [0, 0.05) is 30.7 Å². The van der Waals surface area contributed by atoms with Gasteiger partial charge in [-0.2, -0.15) is 4.68 Å². The first-order valence-electron chi connectivity index (χ1n) is 15.6. The van der Waals surface area contributed by atoms with Gasteiger partial charge in [-0.15, -0.1) is 5.10 Å². The van der Waals surface area contributed by atoms with Crippen molar-refractivity contribution in [3.05, 3.63) is 125 Å². The molecule has 11 nitrogen and oxygen atoms in total. The highest BCUT2D eigenvalue weighted by Crippen LogP contribution is 2.40. The Bertz CT molecular complexity index is 1820. The summed E-state index contributed by atoms with van der Waals surface area (Å²) in [5.74, 6) is -0.710. The van der Waals surface area contributed by atoms with Crippen LogP contribution in [0.25, 0.3) is 16.8 Å². The maximum Gasteiger partial charge on any atom is 0.303 e. The van der Waals surface area contributed by atoms with Crippen molar-refractivity contribution in [3.8, 4) is 16.8 Å². The zero-order valence-corrected chi connectivity index (χ0v) is 26.8. The molecule has 246 valence electrons. The normalized spacial score (nSPS) is 17.6. The molecule has 1 amide bonds. The minimum atomic E-state index is -1.00. The summed E-state index contributed by atoms with van der Waals surface area (Å²) < 4.78 is 14.8. The Labute approximate surface area is 281 Å². The highest BCUT2D eigenvalue weighted by Gasteiger charge is 2.32. The zero-order valence-electron chi connectivity index (χ0n) is 26.0. The van der Waals surface area contributed by atoms with Crippen LogP contribution in [0.15, 0.2) is 108 Å². The van der Waals surface area contributed by atoms with Gasteiger partial charge in [-0.25, -0.2) is 0 Å². The molecule has 0 unspecified atom stereocenters. The van der Waals surface area contributed by atoms with E-state index in [1.165, 1.54) is 11.8 Å². The summed E-state index contributed by atoms with van der Waals surface area (Å²) in [7, 11) is 0. The third kappa shape index (κ3) is 8.33. The van der Waals surface area contributed by atoms with Crippen LogP contribution in [0.1, 0.15) is 53.9 Å². The summed E-state index contributed by atoms with van der Waals surface area (Å²) in [6.45, 7) is 0.258. The van der Waals surface area contributed by atoms with Crippen LogP contribution in [0.4, 0.5) is 0 Å². The van der Waals surface area contributed by atoms with E-state index in [4.69, 9.17) is 14.6 Å².